The van der Waals surface area contributed by atoms with Crippen molar-refractivity contribution in [3.05, 3.63) is 35.6 Å². The molecule has 1 aromatic rings. The second-order valence-corrected chi connectivity index (χ2v) is 5.38. The molecule has 0 amide bonds. The van der Waals surface area contributed by atoms with Crippen LogP contribution in [0.2, 0.25) is 0 Å². The van der Waals surface area contributed by atoms with E-state index in [1.165, 1.54) is 12.1 Å². The first-order valence-electron chi connectivity index (χ1n) is 7.82. The Bertz CT molecular complexity index is 458. The first kappa shape index (κ1) is 16.7. The van der Waals surface area contributed by atoms with Gasteiger partial charge in [0.25, 0.3) is 0 Å². The van der Waals surface area contributed by atoms with Gasteiger partial charge < -0.3 is 15.8 Å². The summed E-state index contributed by atoms with van der Waals surface area (Å²) >= 11 is 0. The fraction of sp³-hybridized carbons (Fsp3) is 0.562. The number of morpholine rings is 1. The van der Waals surface area contributed by atoms with Gasteiger partial charge in [-0.15, -0.1) is 0 Å². The quantitative estimate of drug-likeness (QED) is 0.448. The van der Waals surface area contributed by atoms with Crippen LogP contribution < -0.4 is 11.1 Å². The minimum Gasteiger partial charge on any atom is -0.379 e. The van der Waals surface area contributed by atoms with Gasteiger partial charge in [0.05, 0.1) is 13.2 Å². The maximum absolute atomic E-state index is 12.8. The molecule has 3 N–H and O–H groups in total. The van der Waals surface area contributed by atoms with E-state index in [-0.39, 0.29) is 5.82 Å². The zero-order chi connectivity index (χ0) is 15.6. The van der Waals surface area contributed by atoms with E-state index in [0.29, 0.717) is 12.5 Å². The molecule has 1 aliphatic heterocycles. The number of hydrogen-bond acceptors (Lipinski definition) is 3. The monoisotopic (exact) mass is 308 g/mol. The fourth-order valence-electron chi connectivity index (χ4n) is 2.36. The molecule has 1 fully saturated rings. The predicted molar refractivity (Wildman–Crippen MR) is 86.5 cm³/mol. The molecule has 0 atom stereocenters. The van der Waals surface area contributed by atoms with E-state index < -0.39 is 0 Å². The maximum Gasteiger partial charge on any atom is 0.188 e. The number of nitrogens with zero attached hydrogens (tertiary/aromatic N) is 2. The summed E-state index contributed by atoms with van der Waals surface area (Å²) in [4.78, 5) is 6.71. The number of nitrogens with one attached hydrogen (secondary N) is 1. The molecule has 5 nitrogen and oxygen atoms in total. The van der Waals surface area contributed by atoms with Gasteiger partial charge in [0.2, 0.25) is 0 Å². The van der Waals surface area contributed by atoms with E-state index in [4.69, 9.17) is 10.5 Å². The van der Waals surface area contributed by atoms with Gasteiger partial charge in [-0.1, -0.05) is 12.1 Å². The fourth-order valence-corrected chi connectivity index (χ4v) is 2.36. The van der Waals surface area contributed by atoms with Gasteiger partial charge in [0.15, 0.2) is 5.96 Å². The lowest BCUT2D eigenvalue weighted by Crippen LogP contribution is -2.37. The Morgan fingerprint density at radius 1 is 1.27 bits per heavy atom. The van der Waals surface area contributed by atoms with E-state index >= 15 is 0 Å². The van der Waals surface area contributed by atoms with Crippen molar-refractivity contribution in [2.24, 2.45) is 10.7 Å². The van der Waals surface area contributed by atoms with Gasteiger partial charge in [-0.25, -0.2) is 4.39 Å². The Hall–Kier alpha value is -1.66. The molecule has 1 aliphatic rings. The molecule has 0 radical (unpaired) electrons. The third-order valence-corrected chi connectivity index (χ3v) is 3.65. The lowest BCUT2D eigenvalue weighted by atomic mass is 10.1. The molecule has 0 aromatic heterocycles. The number of hydrogen-bond donors (Lipinski definition) is 2. The molecule has 0 unspecified atom stereocenters. The van der Waals surface area contributed by atoms with Crippen molar-refractivity contribution in [2.75, 3.05) is 45.9 Å². The summed E-state index contributed by atoms with van der Waals surface area (Å²) in [6.45, 7) is 6.14. The highest BCUT2D eigenvalue weighted by atomic mass is 19.1. The largest absolute Gasteiger partial charge is 0.379 e. The number of guanidine groups is 1. The SMILES string of the molecule is NC(=NCCCN1CCOCC1)NCCc1ccc(F)cc1. The van der Waals surface area contributed by atoms with Gasteiger partial charge >= 0.3 is 0 Å². The Balaban J connectivity index is 1.56. The van der Waals surface area contributed by atoms with Gasteiger partial charge in [0.1, 0.15) is 5.82 Å². The molecule has 0 aliphatic carbocycles. The zero-order valence-corrected chi connectivity index (χ0v) is 12.9. The van der Waals surface area contributed by atoms with Crippen LogP contribution in [0.3, 0.4) is 0 Å². The Morgan fingerprint density at radius 3 is 2.73 bits per heavy atom. The molecular weight excluding hydrogens is 283 g/mol. The second-order valence-electron chi connectivity index (χ2n) is 5.38. The van der Waals surface area contributed by atoms with Crippen LogP contribution in [-0.2, 0) is 11.2 Å². The molecule has 6 heteroatoms. The van der Waals surface area contributed by atoms with Gasteiger partial charge in [0, 0.05) is 32.7 Å². The summed E-state index contributed by atoms with van der Waals surface area (Å²) in [7, 11) is 0. The van der Waals surface area contributed by atoms with E-state index in [1.807, 2.05) is 0 Å². The molecule has 2 rings (SSSR count). The molecule has 22 heavy (non-hydrogen) atoms. The zero-order valence-electron chi connectivity index (χ0n) is 12.9. The first-order chi connectivity index (χ1) is 10.7. The minimum atomic E-state index is -0.210. The topological polar surface area (TPSA) is 62.9 Å². The number of benzene rings is 1. The normalized spacial score (nSPS) is 16.7. The van der Waals surface area contributed by atoms with Crippen LogP contribution >= 0.6 is 0 Å². The molecule has 1 saturated heterocycles. The maximum atomic E-state index is 12.8. The Kier molecular flexibility index (Phi) is 7.12. The highest BCUT2D eigenvalue weighted by Gasteiger charge is 2.08. The molecule has 0 spiro atoms. The standard InChI is InChI=1S/C16H25FN4O/c17-15-4-2-14(3-5-15)6-8-20-16(18)19-7-1-9-21-10-12-22-13-11-21/h2-5H,1,6-13H2,(H3,18,19,20). The summed E-state index contributed by atoms with van der Waals surface area (Å²) in [6, 6.07) is 6.51. The number of aliphatic imine (C=N–C) groups is 1. The van der Waals surface area contributed by atoms with E-state index in [0.717, 1.165) is 57.8 Å². The van der Waals surface area contributed by atoms with Crippen molar-refractivity contribution in [3.8, 4) is 0 Å². The first-order valence-corrected chi connectivity index (χ1v) is 7.82. The molecular formula is C16H25FN4O. The summed E-state index contributed by atoms with van der Waals surface area (Å²) in [6.07, 6.45) is 1.80. The van der Waals surface area contributed by atoms with Crippen molar-refractivity contribution in [3.63, 3.8) is 0 Å². The third kappa shape index (κ3) is 6.41. The molecule has 0 saturated carbocycles. The van der Waals surface area contributed by atoms with Crippen molar-refractivity contribution < 1.29 is 9.13 Å². The van der Waals surface area contributed by atoms with Crippen LogP contribution in [0.4, 0.5) is 4.39 Å². The van der Waals surface area contributed by atoms with Crippen molar-refractivity contribution >= 4 is 5.96 Å². The van der Waals surface area contributed by atoms with Crippen LogP contribution in [0.5, 0.6) is 0 Å². The van der Waals surface area contributed by atoms with Crippen molar-refractivity contribution in [2.45, 2.75) is 12.8 Å². The van der Waals surface area contributed by atoms with Gasteiger partial charge in [-0.3, -0.25) is 9.89 Å². The van der Waals surface area contributed by atoms with Crippen molar-refractivity contribution in [1.82, 2.24) is 10.2 Å². The Labute approximate surface area is 131 Å². The summed E-state index contributed by atoms with van der Waals surface area (Å²) in [5, 5.41) is 3.08. The third-order valence-electron chi connectivity index (χ3n) is 3.65. The number of halogens is 1. The lowest BCUT2D eigenvalue weighted by Gasteiger charge is -2.26. The van der Waals surface area contributed by atoms with E-state index in [9.17, 15) is 4.39 Å². The van der Waals surface area contributed by atoms with E-state index in [1.54, 1.807) is 12.1 Å². The lowest BCUT2D eigenvalue weighted by molar-refractivity contribution is 0.0377. The number of nitrogens with two attached hydrogens (primary N) is 1. The highest BCUT2D eigenvalue weighted by Crippen LogP contribution is 2.02. The number of ether oxygens (including phenoxy) is 1. The van der Waals surface area contributed by atoms with Gasteiger partial charge in [-0.05, 0) is 30.5 Å². The van der Waals surface area contributed by atoms with Crippen molar-refractivity contribution in [1.29, 1.82) is 0 Å². The minimum absolute atomic E-state index is 0.210. The van der Waals surface area contributed by atoms with Crippen LogP contribution in [0.1, 0.15) is 12.0 Å². The summed E-state index contributed by atoms with van der Waals surface area (Å²) in [5.41, 5.74) is 6.90. The molecule has 1 aromatic carbocycles. The molecule has 1 heterocycles. The van der Waals surface area contributed by atoms with Crippen LogP contribution in [0.15, 0.2) is 29.3 Å². The summed E-state index contributed by atoms with van der Waals surface area (Å²) in [5.74, 6) is 0.266. The van der Waals surface area contributed by atoms with E-state index in [2.05, 4.69) is 15.2 Å². The highest BCUT2D eigenvalue weighted by molar-refractivity contribution is 5.77. The number of rotatable bonds is 7. The predicted octanol–water partition coefficient (Wildman–Crippen LogP) is 0.995. The summed E-state index contributed by atoms with van der Waals surface area (Å²) < 4.78 is 18.1. The smallest absolute Gasteiger partial charge is 0.188 e. The van der Waals surface area contributed by atoms with Crippen LogP contribution in [0, 0.1) is 5.82 Å². The molecule has 122 valence electrons. The van der Waals surface area contributed by atoms with Crippen LogP contribution in [0.25, 0.3) is 0 Å². The second kappa shape index (κ2) is 9.38. The van der Waals surface area contributed by atoms with Crippen LogP contribution in [-0.4, -0.2) is 56.8 Å². The molecule has 0 bridgehead atoms. The Morgan fingerprint density at radius 2 is 2.00 bits per heavy atom. The average Bonchev–Trinajstić information content (AvgIpc) is 2.54. The van der Waals surface area contributed by atoms with Gasteiger partial charge in [-0.2, -0.15) is 0 Å². The average molecular weight is 308 g/mol.